The van der Waals surface area contributed by atoms with Gasteiger partial charge in [0.25, 0.3) is 0 Å². The summed E-state index contributed by atoms with van der Waals surface area (Å²) in [6, 6.07) is -1.60. The number of urea groups is 1. The van der Waals surface area contributed by atoms with Gasteiger partial charge in [-0.15, -0.1) is 0 Å². The highest BCUT2D eigenvalue weighted by molar-refractivity contribution is 5.92. The number of carbonyl (C=O) groups excluding carboxylic acids is 1. The van der Waals surface area contributed by atoms with E-state index in [1.165, 1.54) is 18.7 Å². The number of amides is 2. The van der Waals surface area contributed by atoms with Crippen LogP contribution in [-0.2, 0) is 4.79 Å². The summed E-state index contributed by atoms with van der Waals surface area (Å²) < 4.78 is 0. The topological polar surface area (TPSA) is 116 Å². The monoisotopic (exact) mass is 252 g/mol. The third kappa shape index (κ3) is 2.54. The first-order valence-electron chi connectivity index (χ1n) is 5.31. The molecule has 8 heteroatoms. The molecular weight excluding hydrogens is 240 g/mol. The van der Waals surface area contributed by atoms with Gasteiger partial charge in [0.05, 0.1) is 24.2 Å². The Bertz CT molecular complexity index is 452. The lowest BCUT2D eigenvalue weighted by molar-refractivity contribution is -0.141. The Hall–Kier alpha value is -2.22. The van der Waals surface area contributed by atoms with Gasteiger partial charge < -0.3 is 20.4 Å². The normalized spacial score (nSPS) is 22.8. The number of aromatic nitrogens is 2. The molecule has 0 aromatic carbocycles. The van der Waals surface area contributed by atoms with E-state index in [-0.39, 0.29) is 13.0 Å². The fraction of sp³-hybridized carbons (Fsp3) is 0.400. The predicted molar refractivity (Wildman–Crippen MR) is 59.8 cm³/mol. The zero-order chi connectivity index (χ0) is 13.1. The molecule has 0 saturated carbocycles. The largest absolute Gasteiger partial charge is 0.480 e. The Balaban J connectivity index is 2.06. The van der Waals surface area contributed by atoms with E-state index in [1.54, 1.807) is 0 Å². The minimum Gasteiger partial charge on any atom is -0.480 e. The van der Waals surface area contributed by atoms with Gasteiger partial charge in [0, 0.05) is 13.0 Å². The number of hydrogen-bond acceptors (Lipinski definition) is 5. The fourth-order valence-electron chi connectivity index (χ4n) is 1.83. The van der Waals surface area contributed by atoms with Crippen molar-refractivity contribution < 1.29 is 19.8 Å². The van der Waals surface area contributed by atoms with E-state index in [4.69, 9.17) is 5.11 Å². The van der Waals surface area contributed by atoms with Gasteiger partial charge in [-0.3, -0.25) is 0 Å². The van der Waals surface area contributed by atoms with Gasteiger partial charge in [-0.1, -0.05) is 0 Å². The Labute approximate surface area is 102 Å². The zero-order valence-electron chi connectivity index (χ0n) is 9.35. The van der Waals surface area contributed by atoms with Crippen LogP contribution >= 0.6 is 0 Å². The van der Waals surface area contributed by atoms with Crippen LogP contribution in [0.25, 0.3) is 0 Å². The molecule has 2 atom stereocenters. The number of β-amino-alcohol motifs (C(OH)–C–C–N with tert-alkyl or cyclic N) is 1. The quantitative estimate of drug-likeness (QED) is 0.655. The van der Waals surface area contributed by atoms with Crippen molar-refractivity contribution in [1.82, 2.24) is 14.9 Å². The maximum Gasteiger partial charge on any atom is 0.326 e. The van der Waals surface area contributed by atoms with Crippen molar-refractivity contribution in [2.24, 2.45) is 0 Å². The lowest BCUT2D eigenvalue weighted by atomic mass is 10.2. The van der Waals surface area contributed by atoms with Crippen molar-refractivity contribution in [1.29, 1.82) is 0 Å². The molecule has 96 valence electrons. The Kier molecular flexibility index (Phi) is 3.38. The van der Waals surface area contributed by atoms with Gasteiger partial charge in [-0.2, -0.15) is 0 Å². The zero-order valence-corrected chi connectivity index (χ0v) is 9.35. The number of carbonyl (C=O) groups is 2. The molecule has 1 fully saturated rings. The number of rotatable bonds is 2. The molecule has 1 aliphatic heterocycles. The van der Waals surface area contributed by atoms with Gasteiger partial charge in [0.1, 0.15) is 12.4 Å². The second kappa shape index (κ2) is 4.96. The summed E-state index contributed by atoms with van der Waals surface area (Å²) in [4.78, 5) is 31.3. The molecule has 1 saturated heterocycles. The highest BCUT2D eigenvalue weighted by Gasteiger charge is 2.38. The molecule has 2 rings (SSSR count). The molecule has 2 amide bonds. The van der Waals surface area contributed by atoms with Crippen molar-refractivity contribution in [3.05, 3.63) is 18.7 Å². The van der Waals surface area contributed by atoms with Gasteiger partial charge in [0.15, 0.2) is 0 Å². The predicted octanol–water partition coefficient (Wildman–Crippen LogP) is -0.472. The molecule has 1 aromatic rings. The average molecular weight is 252 g/mol. The summed E-state index contributed by atoms with van der Waals surface area (Å²) in [7, 11) is 0. The molecule has 8 nitrogen and oxygen atoms in total. The first-order valence-corrected chi connectivity index (χ1v) is 5.31. The number of carboxylic acid groups (broad SMARTS) is 1. The molecule has 0 bridgehead atoms. The van der Waals surface area contributed by atoms with Gasteiger partial charge >= 0.3 is 12.0 Å². The van der Waals surface area contributed by atoms with E-state index in [1.807, 2.05) is 0 Å². The summed E-state index contributed by atoms with van der Waals surface area (Å²) in [5.41, 5.74) is 0.369. The van der Waals surface area contributed by atoms with E-state index in [2.05, 4.69) is 15.3 Å². The van der Waals surface area contributed by atoms with E-state index in [0.29, 0.717) is 5.69 Å². The van der Waals surface area contributed by atoms with E-state index in [0.717, 1.165) is 4.90 Å². The summed E-state index contributed by atoms with van der Waals surface area (Å²) in [6.07, 6.45) is 3.33. The molecule has 18 heavy (non-hydrogen) atoms. The highest BCUT2D eigenvalue weighted by atomic mass is 16.4. The summed E-state index contributed by atoms with van der Waals surface area (Å²) in [6.45, 7) is -0.00348. The van der Waals surface area contributed by atoms with Crippen LogP contribution in [0.3, 0.4) is 0 Å². The molecule has 1 aromatic heterocycles. The average Bonchev–Trinajstić information content (AvgIpc) is 2.73. The third-order valence-electron chi connectivity index (χ3n) is 2.64. The highest BCUT2D eigenvalue weighted by Crippen LogP contribution is 2.19. The number of hydrogen-bond donors (Lipinski definition) is 3. The number of nitrogens with one attached hydrogen (secondary N) is 1. The third-order valence-corrected chi connectivity index (χ3v) is 2.64. The van der Waals surface area contributed by atoms with Crippen molar-refractivity contribution in [3.8, 4) is 0 Å². The number of nitrogens with zero attached hydrogens (tertiary/aromatic N) is 3. The summed E-state index contributed by atoms with van der Waals surface area (Å²) >= 11 is 0. The smallest absolute Gasteiger partial charge is 0.326 e. The van der Waals surface area contributed by atoms with Crippen molar-refractivity contribution in [3.63, 3.8) is 0 Å². The Morgan fingerprint density at radius 1 is 1.39 bits per heavy atom. The Morgan fingerprint density at radius 2 is 2.06 bits per heavy atom. The fourth-order valence-corrected chi connectivity index (χ4v) is 1.83. The second-order valence-electron chi connectivity index (χ2n) is 3.95. The molecule has 3 N–H and O–H groups in total. The maximum atomic E-state index is 11.9. The number of likely N-dealkylation sites (tertiary alicyclic amines) is 1. The lowest BCUT2D eigenvalue weighted by Gasteiger charge is -2.21. The summed E-state index contributed by atoms with van der Waals surface area (Å²) in [5.74, 6) is -1.13. The van der Waals surface area contributed by atoms with Gasteiger partial charge in [-0.05, 0) is 0 Å². The van der Waals surface area contributed by atoms with Crippen LogP contribution < -0.4 is 5.32 Å². The van der Waals surface area contributed by atoms with Crippen LogP contribution in [0.1, 0.15) is 6.42 Å². The van der Waals surface area contributed by atoms with E-state index < -0.39 is 24.1 Å². The second-order valence-corrected chi connectivity index (χ2v) is 3.95. The van der Waals surface area contributed by atoms with Crippen LogP contribution in [0.5, 0.6) is 0 Å². The molecule has 0 aliphatic carbocycles. The minimum atomic E-state index is -1.13. The van der Waals surface area contributed by atoms with Crippen LogP contribution in [0.15, 0.2) is 18.7 Å². The number of aliphatic hydroxyl groups excluding tert-OH is 1. The summed E-state index contributed by atoms with van der Waals surface area (Å²) in [5, 5.41) is 20.9. The first-order chi connectivity index (χ1) is 8.58. The molecule has 1 aliphatic rings. The van der Waals surface area contributed by atoms with E-state index >= 15 is 0 Å². The van der Waals surface area contributed by atoms with E-state index in [9.17, 15) is 14.7 Å². The van der Waals surface area contributed by atoms with Crippen molar-refractivity contribution in [2.45, 2.75) is 18.6 Å². The standard InChI is InChI=1S/C10H12N4O4/c15-7-1-8(9(16)17)14(4-7)10(18)13-6-2-11-5-12-3-6/h2-3,5,7-8,15H,1,4H2,(H,13,18)(H,16,17)/t7-,8-/m0/s1. The molecular formula is C10H12N4O4. The number of carboxylic acids is 1. The minimum absolute atomic E-state index is 0.00348. The first kappa shape index (κ1) is 12.2. The Morgan fingerprint density at radius 3 is 2.67 bits per heavy atom. The maximum absolute atomic E-state index is 11.9. The lowest BCUT2D eigenvalue weighted by Crippen LogP contribution is -2.43. The van der Waals surface area contributed by atoms with Crippen LogP contribution in [0.4, 0.5) is 10.5 Å². The van der Waals surface area contributed by atoms with Crippen molar-refractivity contribution in [2.75, 3.05) is 11.9 Å². The molecule has 2 heterocycles. The molecule has 0 spiro atoms. The molecule has 0 unspecified atom stereocenters. The van der Waals surface area contributed by atoms with Crippen LogP contribution in [0, 0.1) is 0 Å². The van der Waals surface area contributed by atoms with Crippen molar-refractivity contribution >= 4 is 17.7 Å². The number of anilines is 1. The SMILES string of the molecule is O=C(O)[C@@H]1C[C@H](O)CN1C(=O)Nc1cncnc1. The number of aliphatic hydroxyl groups is 1. The van der Waals surface area contributed by atoms with Gasteiger partial charge in [-0.25, -0.2) is 19.6 Å². The number of aliphatic carboxylic acids is 1. The van der Waals surface area contributed by atoms with Crippen LogP contribution in [-0.4, -0.2) is 55.8 Å². The van der Waals surface area contributed by atoms with Gasteiger partial charge in [0.2, 0.25) is 0 Å². The van der Waals surface area contributed by atoms with Crippen LogP contribution in [0.2, 0.25) is 0 Å². The molecule has 0 radical (unpaired) electrons.